The van der Waals surface area contributed by atoms with Gasteiger partial charge in [-0.05, 0) is 55.7 Å². The number of rotatable bonds is 7. The Morgan fingerprint density at radius 2 is 1.79 bits per heavy atom. The Hall–Kier alpha value is -3.30. The van der Waals surface area contributed by atoms with E-state index in [1.807, 2.05) is 30.3 Å². The van der Waals surface area contributed by atoms with E-state index in [-0.39, 0.29) is 0 Å². The summed E-state index contributed by atoms with van der Waals surface area (Å²) in [6, 6.07) is 15.5. The minimum Gasteiger partial charge on any atom is -0.325 e. The zero-order valence-corrected chi connectivity index (χ0v) is 19.3. The molecule has 4 rings (SSSR count). The molecular weight excluding hydrogens is 438 g/mol. The van der Waals surface area contributed by atoms with Gasteiger partial charge >= 0.3 is 0 Å². The van der Waals surface area contributed by atoms with E-state index < -0.39 is 22.0 Å². The highest BCUT2D eigenvalue weighted by Gasteiger charge is 2.19. The van der Waals surface area contributed by atoms with Crippen molar-refractivity contribution >= 4 is 27.7 Å². The summed E-state index contributed by atoms with van der Waals surface area (Å²) in [6.07, 6.45) is 5.86. The maximum absolute atomic E-state index is 12.5. The van der Waals surface area contributed by atoms with Crippen molar-refractivity contribution in [2.75, 3.05) is 5.32 Å². The molecule has 9 heteroatoms. The van der Waals surface area contributed by atoms with E-state index in [1.165, 1.54) is 19.4 Å². The number of nitrogens with one attached hydrogen (secondary N) is 2. The lowest BCUT2D eigenvalue weighted by Gasteiger charge is -2.13. The zero-order valence-electron chi connectivity index (χ0n) is 18.4. The third-order valence-electron chi connectivity index (χ3n) is 5.49. The number of anilines is 1. The molecule has 0 spiro atoms. The molecule has 3 aromatic rings. The predicted octanol–water partition coefficient (Wildman–Crippen LogP) is 3.59. The fourth-order valence-electron chi connectivity index (χ4n) is 3.72. The van der Waals surface area contributed by atoms with Gasteiger partial charge in [0.1, 0.15) is 5.82 Å². The number of sulfonamides is 1. The SMILES string of the molecule is CC(NS(=O)(=O)C=Cc1ccccc1)C(=O)Nc1ccc(-c2nnc3n2CCCCC3)cc1. The summed E-state index contributed by atoms with van der Waals surface area (Å²) in [5.41, 5.74) is 2.25. The molecule has 1 atom stereocenters. The second kappa shape index (κ2) is 10.1. The van der Waals surface area contributed by atoms with Gasteiger partial charge < -0.3 is 9.88 Å². The minimum absolute atomic E-state index is 0.448. The summed E-state index contributed by atoms with van der Waals surface area (Å²) in [5.74, 6) is 1.40. The number of hydrogen-bond donors (Lipinski definition) is 2. The number of nitrogens with zero attached hydrogens (tertiary/aromatic N) is 3. The van der Waals surface area contributed by atoms with Gasteiger partial charge in [0.05, 0.1) is 6.04 Å². The summed E-state index contributed by atoms with van der Waals surface area (Å²) in [4.78, 5) is 12.5. The minimum atomic E-state index is -3.77. The lowest BCUT2D eigenvalue weighted by atomic mass is 10.2. The Balaban J connectivity index is 1.37. The molecule has 0 saturated heterocycles. The quantitative estimate of drug-likeness (QED) is 0.555. The van der Waals surface area contributed by atoms with E-state index in [2.05, 4.69) is 24.8 Å². The highest BCUT2D eigenvalue weighted by Crippen LogP contribution is 2.24. The first kappa shape index (κ1) is 22.9. The number of benzene rings is 2. The van der Waals surface area contributed by atoms with Crippen molar-refractivity contribution in [2.24, 2.45) is 0 Å². The monoisotopic (exact) mass is 465 g/mol. The van der Waals surface area contributed by atoms with Gasteiger partial charge in [-0.25, -0.2) is 8.42 Å². The molecule has 0 bridgehead atoms. The van der Waals surface area contributed by atoms with Crippen LogP contribution in [0.25, 0.3) is 17.5 Å². The van der Waals surface area contributed by atoms with E-state index in [0.717, 1.165) is 54.0 Å². The number of aryl methyl sites for hydroxylation is 1. The van der Waals surface area contributed by atoms with Crippen LogP contribution < -0.4 is 10.0 Å². The molecule has 1 amide bonds. The molecule has 1 aliphatic heterocycles. The molecule has 0 aliphatic carbocycles. The Morgan fingerprint density at radius 3 is 2.55 bits per heavy atom. The topological polar surface area (TPSA) is 106 Å². The molecule has 2 heterocycles. The Bertz CT molecular complexity index is 1230. The van der Waals surface area contributed by atoms with Crippen LogP contribution in [0.5, 0.6) is 0 Å². The van der Waals surface area contributed by atoms with Crippen LogP contribution in [0.15, 0.2) is 60.0 Å². The summed E-state index contributed by atoms with van der Waals surface area (Å²) in [6.45, 7) is 2.41. The lowest BCUT2D eigenvalue weighted by molar-refractivity contribution is -0.117. The van der Waals surface area contributed by atoms with Crippen molar-refractivity contribution in [1.29, 1.82) is 0 Å². The molecule has 1 unspecified atom stereocenters. The van der Waals surface area contributed by atoms with Crippen LogP contribution >= 0.6 is 0 Å². The van der Waals surface area contributed by atoms with E-state index >= 15 is 0 Å². The van der Waals surface area contributed by atoms with E-state index in [4.69, 9.17) is 0 Å². The fourth-order valence-corrected chi connectivity index (χ4v) is 4.74. The summed E-state index contributed by atoms with van der Waals surface area (Å²) < 4.78 is 29.1. The number of aromatic nitrogens is 3. The van der Waals surface area contributed by atoms with Gasteiger partial charge in [-0.15, -0.1) is 10.2 Å². The van der Waals surface area contributed by atoms with Crippen molar-refractivity contribution in [3.05, 3.63) is 71.4 Å². The van der Waals surface area contributed by atoms with Gasteiger partial charge in [0.25, 0.3) is 0 Å². The first-order chi connectivity index (χ1) is 15.9. The molecule has 172 valence electrons. The zero-order chi connectivity index (χ0) is 23.3. The van der Waals surface area contributed by atoms with Crippen LogP contribution in [0.1, 0.15) is 37.6 Å². The largest absolute Gasteiger partial charge is 0.325 e. The summed E-state index contributed by atoms with van der Waals surface area (Å²) >= 11 is 0. The number of carbonyl (C=O) groups is 1. The Morgan fingerprint density at radius 1 is 1.03 bits per heavy atom. The molecule has 2 aromatic carbocycles. The van der Waals surface area contributed by atoms with E-state index in [0.29, 0.717) is 5.69 Å². The molecule has 1 aliphatic rings. The van der Waals surface area contributed by atoms with Gasteiger partial charge in [-0.2, -0.15) is 4.72 Å². The normalized spacial score (nSPS) is 15.1. The molecule has 8 nitrogen and oxygen atoms in total. The molecule has 33 heavy (non-hydrogen) atoms. The predicted molar refractivity (Wildman–Crippen MR) is 129 cm³/mol. The fraction of sp³-hybridized carbons (Fsp3) is 0.292. The van der Waals surface area contributed by atoms with Crippen LogP contribution in [0, 0.1) is 0 Å². The average Bonchev–Trinajstić information content (AvgIpc) is 3.06. The van der Waals surface area contributed by atoms with Gasteiger partial charge in [0.2, 0.25) is 15.9 Å². The number of fused-ring (bicyclic) bond motifs is 1. The summed E-state index contributed by atoms with van der Waals surface area (Å²) in [7, 11) is -3.77. The molecule has 0 fully saturated rings. The van der Waals surface area contributed by atoms with Crippen LogP contribution in [0.4, 0.5) is 5.69 Å². The average molecular weight is 466 g/mol. The van der Waals surface area contributed by atoms with Gasteiger partial charge in [0, 0.05) is 29.6 Å². The van der Waals surface area contributed by atoms with Gasteiger partial charge in [-0.3, -0.25) is 4.79 Å². The maximum Gasteiger partial charge on any atom is 0.242 e. The molecule has 0 saturated carbocycles. The highest BCUT2D eigenvalue weighted by atomic mass is 32.2. The van der Waals surface area contributed by atoms with Crippen molar-refractivity contribution in [1.82, 2.24) is 19.5 Å². The second-order valence-electron chi connectivity index (χ2n) is 8.07. The maximum atomic E-state index is 12.5. The van der Waals surface area contributed by atoms with Crippen molar-refractivity contribution in [2.45, 2.75) is 45.2 Å². The summed E-state index contributed by atoms with van der Waals surface area (Å²) in [5, 5.41) is 12.5. The van der Waals surface area contributed by atoms with Gasteiger partial charge in [0.15, 0.2) is 5.82 Å². The number of amides is 1. The highest BCUT2D eigenvalue weighted by molar-refractivity contribution is 7.92. The molecule has 0 radical (unpaired) electrons. The standard InChI is InChI=1S/C24H27N5O3S/c1-18(28-33(31,32)17-15-19-8-4-2-5-9-19)24(30)25-21-13-11-20(12-14-21)23-27-26-22-10-6-3-7-16-29(22)23/h2,4-5,8-9,11-15,17-18,28H,3,6-7,10,16H2,1H3,(H,25,30). The third kappa shape index (κ3) is 5.94. The van der Waals surface area contributed by atoms with E-state index in [1.54, 1.807) is 24.3 Å². The van der Waals surface area contributed by atoms with Crippen LogP contribution in [0.3, 0.4) is 0 Å². The molecule has 2 N–H and O–H groups in total. The van der Waals surface area contributed by atoms with Crippen LogP contribution in [0.2, 0.25) is 0 Å². The molecule has 1 aromatic heterocycles. The number of carbonyl (C=O) groups excluding carboxylic acids is 1. The second-order valence-corrected chi connectivity index (χ2v) is 9.66. The Labute approximate surface area is 193 Å². The van der Waals surface area contributed by atoms with E-state index in [9.17, 15) is 13.2 Å². The van der Waals surface area contributed by atoms with Crippen LogP contribution in [-0.4, -0.2) is 35.1 Å². The lowest BCUT2D eigenvalue weighted by Crippen LogP contribution is -2.40. The third-order valence-corrected chi connectivity index (χ3v) is 6.67. The van der Waals surface area contributed by atoms with Crippen molar-refractivity contribution < 1.29 is 13.2 Å². The smallest absolute Gasteiger partial charge is 0.242 e. The first-order valence-corrected chi connectivity index (χ1v) is 12.5. The van der Waals surface area contributed by atoms with Crippen molar-refractivity contribution in [3.8, 4) is 11.4 Å². The molecular formula is C24H27N5O3S. The number of hydrogen-bond acceptors (Lipinski definition) is 5. The Kier molecular flexibility index (Phi) is 7.00. The van der Waals surface area contributed by atoms with Crippen LogP contribution in [-0.2, 0) is 27.8 Å². The van der Waals surface area contributed by atoms with Gasteiger partial charge in [-0.1, -0.05) is 36.8 Å². The van der Waals surface area contributed by atoms with Crippen molar-refractivity contribution in [3.63, 3.8) is 0 Å². The first-order valence-electron chi connectivity index (χ1n) is 11.0.